The van der Waals surface area contributed by atoms with Gasteiger partial charge in [-0.1, -0.05) is 29.9 Å². The standard InChI is InChI=1S/C44H44O8/c1-25-19-32-30-14-13-29(46-5)24-37(30)50-44(34-15-16-35(47-6)31-17-18-43(2,3)52-42(31)34)41(32)33(20-25)40-38(49-8)21-26(22-39(40)51-44)9-10-27-11-12-28(45-4)23-36(27)48-7/h9-18,20-24,32-33,41H,19H2,1-8H3/b10-9+/t32-,33-,41-,44+/m1/s1. The quantitative estimate of drug-likeness (QED) is 0.133. The molecule has 8 rings (SSSR count). The van der Waals surface area contributed by atoms with Crippen LogP contribution in [0.5, 0.6) is 46.0 Å². The summed E-state index contributed by atoms with van der Waals surface area (Å²) in [5.41, 5.74) is 6.30. The molecule has 0 saturated heterocycles. The third-order valence-corrected chi connectivity index (χ3v) is 10.8. The lowest BCUT2D eigenvalue weighted by Gasteiger charge is -2.55. The summed E-state index contributed by atoms with van der Waals surface area (Å²) in [6.45, 7) is 6.31. The van der Waals surface area contributed by atoms with Gasteiger partial charge in [-0.15, -0.1) is 0 Å². The Bertz CT molecular complexity index is 2160. The normalized spacial score (nSPS) is 23.0. The molecule has 8 heteroatoms. The van der Waals surface area contributed by atoms with Crippen LogP contribution in [0.4, 0.5) is 0 Å². The molecule has 268 valence electrons. The summed E-state index contributed by atoms with van der Waals surface area (Å²) in [7, 11) is 8.36. The van der Waals surface area contributed by atoms with Crippen LogP contribution in [0, 0.1) is 5.92 Å². The average Bonchev–Trinajstić information content (AvgIpc) is 3.15. The minimum atomic E-state index is -1.29. The van der Waals surface area contributed by atoms with Crippen molar-refractivity contribution in [1.82, 2.24) is 0 Å². The summed E-state index contributed by atoms with van der Waals surface area (Å²) in [6.07, 6.45) is 11.4. The fourth-order valence-corrected chi connectivity index (χ4v) is 8.40. The van der Waals surface area contributed by atoms with Gasteiger partial charge in [-0.3, -0.25) is 0 Å². The minimum absolute atomic E-state index is 0.0644. The fourth-order valence-electron chi connectivity index (χ4n) is 8.40. The van der Waals surface area contributed by atoms with Crippen LogP contribution in [-0.2, 0) is 5.79 Å². The Morgan fingerprint density at radius 1 is 0.712 bits per heavy atom. The van der Waals surface area contributed by atoms with Gasteiger partial charge in [-0.2, -0.15) is 0 Å². The van der Waals surface area contributed by atoms with Crippen molar-refractivity contribution in [2.75, 3.05) is 35.5 Å². The largest absolute Gasteiger partial charge is 0.497 e. The first kappa shape index (κ1) is 33.6. The minimum Gasteiger partial charge on any atom is -0.497 e. The molecule has 4 aliphatic rings. The molecule has 0 radical (unpaired) electrons. The summed E-state index contributed by atoms with van der Waals surface area (Å²) in [5.74, 6) is 4.19. The molecule has 0 aromatic heterocycles. The number of hydrogen-bond donors (Lipinski definition) is 0. The van der Waals surface area contributed by atoms with Gasteiger partial charge in [0.25, 0.3) is 5.79 Å². The summed E-state index contributed by atoms with van der Waals surface area (Å²) >= 11 is 0. The van der Waals surface area contributed by atoms with E-state index in [1.165, 1.54) is 5.57 Å². The summed E-state index contributed by atoms with van der Waals surface area (Å²) < 4.78 is 50.4. The highest BCUT2D eigenvalue weighted by atomic mass is 16.7. The Kier molecular flexibility index (Phi) is 8.16. The van der Waals surface area contributed by atoms with Gasteiger partial charge in [-0.05, 0) is 92.9 Å². The van der Waals surface area contributed by atoms with Crippen LogP contribution in [0.1, 0.15) is 72.4 Å². The van der Waals surface area contributed by atoms with Gasteiger partial charge in [0, 0.05) is 35.1 Å². The molecule has 1 aliphatic carbocycles. The van der Waals surface area contributed by atoms with Gasteiger partial charge in [0.05, 0.1) is 52.6 Å². The highest BCUT2D eigenvalue weighted by Gasteiger charge is 2.62. The van der Waals surface area contributed by atoms with E-state index in [9.17, 15) is 0 Å². The lowest BCUT2D eigenvalue weighted by molar-refractivity contribution is -0.198. The van der Waals surface area contributed by atoms with E-state index in [1.54, 1.807) is 35.5 Å². The Morgan fingerprint density at radius 2 is 1.44 bits per heavy atom. The van der Waals surface area contributed by atoms with Crippen LogP contribution in [0.15, 0.2) is 78.4 Å². The van der Waals surface area contributed by atoms with E-state index < -0.39 is 11.4 Å². The summed E-state index contributed by atoms with van der Waals surface area (Å²) in [5, 5.41) is 0. The van der Waals surface area contributed by atoms with Crippen molar-refractivity contribution in [1.29, 1.82) is 0 Å². The van der Waals surface area contributed by atoms with E-state index >= 15 is 0 Å². The third-order valence-electron chi connectivity index (χ3n) is 10.8. The summed E-state index contributed by atoms with van der Waals surface area (Å²) in [6, 6.07) is 20.0. The maximum atomic E-state index is 7.44. The third kappa shape index (κ3) is 5.35. The van der Waals surface area contributed by atoms with Crippen molar-refractivity contribution in [3.05, 3.63) is 112 Å². The Balaban J connectivity index is 1.36. The average molecular weight is 701 g/mol. The second-order valence-electron chi connectivity index (χ2n) is 14.3. The van der Waals surface area contributed by atoms with Gasteiger partial charge in [0.15, 0.2) is 0 Å². The SMILES string of the molecule is COc1ccc(/C=C/c2cc(OC)c3c(c2)O[C@]2(c4ccc(OC)c5c4OC(C)(C)C=C5)Oc4cc(OC)ccc4[C@H]4CC(C)=C[C@H]3[C@@H]42)c(OC)c1. The van der Waals surface area contributed by atoms with Gasteiger partial charge in [0.1, 0.15) is 51.6 Å². The molecule has 4 aromatic rings. The van der Waals surface area contributed by atoms with E-state index in [0.717, 1.165) is 57.1 Å². The number of rotatable bonds is 8. The molecule has 0 unspecified atom stereocenters. The number of benzene rings is 4. The highest BCUT2D eigenvalue weighted by molar-refractivity contribution is 5.76. The monoisotopic (exact) mass is 700 g/mol. The number of ether oxygens (including phenoxy) is 8. The van der Waals surface area contributed by atoms with Crippen molar-refractivity contribution < 1.29 is 37.9 Å². The number of methoxy groups -OCH3 is 5. The molecule has 0 spiro atoms. The van der Waals surface area contributed by atoms with E-state index in [1.807, 2.05) is 68.5 Å². The second kappa shape index (κ2) is 12.6. The smallest absolute Gasteiger partial charge is 0.285 e. The predicted molar refractivity (Wildman–Crippen MR) is 201 cm³/mol. The van der Waals surface area contributed by atoms with Gasteiger partial charge in [-0.25, -0.2) is 0 Å². The molecule has 4 atom stereocenters. The maximum Gasteiger partial charge on any atom is 0.285 e. The maximum absolute atomic E-state index is 7.44. The van der Waals surface area contributed by atoms with Crippen molar-refractivity contribution in [3.63, 3.8) is 0 Å². The molecule has 0 saturated carbocycles. The zero-order chi connectivity index (χ0) is 36.4. The van der Waals surface area contributed by atoms with E-state index in [0.29, 0.717) is 28.7 Å². The van der Waals surface area contributed by atoms with Gasteiger partial charge >= 0.3 is 0 Å². The van der Waals surface area contributed by atoms with E-state index in [4.69, 9.17) is 37.9 Å². The van der Waals surface area contributed by atoms with E-state index in [-0.39, 0.29) is 17.8 Å². The Labute approximate surface area is 305 Å². The van der Waals surface area contributed by atoms with Crippen LogP contribution < -0.4 is 37.9 Å². The molecule has 4 aromatic carbocycles. The molecule has 0 bridgehead atoms. The number of hydrogen-bond acceptors (Lipinski definition) is 8. The predicted octanol–water partition coefficient (Wildman–Crippen LogP) is 9.56. The van der Waals surface area contributed by atoms with Crippen molar-refractivity contribution >= 4 is 18.2 Å². The molecule has 0 N–H and O–H groups in total. The first-order valence-corrected chi connectivity index (χ1v) is 17.6. The second-order valence-corrected chi connectivity index (χ2v) is 14.3. The molecule has 8 nitrogen and oxygen atoms in total. The molecule has 3 heterocycles. The molecule has 0 fully saturated rings. The van der Waals surface area contributed by atoms with Crippen LogP contribution in [0.25, 0.3) is 18.2 Å². The van der Waals surface area contributed by atoms with Crippen LogP contribution >= 0.6 is 0 Å². The fraction of sp³-hybridized carbons (Fsp3) is 0.318. The number of allylic oxidation sites excluding steroid dienone is 2. The zero-order valence-corrected chi connectivity index (χ0v) is 30.9. The van der Waals surface area contributed by atoms with Crippen molar-refractivity contribution in [3.8, 4) is 46.0 Å². The zero-order valence-electron chi connectivity index (χ0n) is 30.9. The molecule has 3 aliphatic heterocycles. The van der Waals surface area contributed by atoms with Crippen molar-refractivity contribution in [2.24, 2.45) is 5.92 Å². The van der Waals surface area contributed by atoms with Crippen molar-refractivity contribution in [2.45, 2.75) is 50.4 Å². The van der Waals surface area contributed by atoms with Gasteiger partial charge in [0.2, 0.25) is 0 Å². The molecule has 52 heavy (non-hydrogen) atoms. The number of fused-ring (bicyclic) bond motifs is 5. The van der Waals surface area contributed by atoms with Crippen LogP contribution in [-0.4, -0.2) is 41.2 Å². The lowest BCUT2D eigenvalue weighted by atomic mass is 9.61. The molecular weight excluding hydrogens is 656 g/mol. The highest BCUT2D eigenvalue weighted by Crippen LogP contribution is 2.66. The molecular formula is C44H44O8. The molecule has 0 amide bonds. The Morgan fingerprint density at radius 3 is 2.19 bits per heavy atom. The van der Waals surface area contributed by atoms with Crippen LogP contribution in [0.3, 0.4) is 0 Å². The summed E-state index contributed by atoms with van der Waals surface area (Å²) in [4.78, 5) is 0. The van der Waals surface area contributed by atoms with Crippen LogP contribution in [0.2, 0.25) is 0 Å². The Hall–Kier alpha value is -5.50. The first-order chi connectivity index (χ1) is 25.1. The lowest BCUT2D eigenvalue weighted by Crippen LogP contribution is -2.56. The first-order valence-electron chi connectivity index (χ1n) is 17.6. The topological polar surface area (TPSA) is 73.8 Å². The van der Waals surface area contributed by atoms with E-state index in [2.05, 4.69) is 43.4 Å². The van der Waals surface area contributed by atoms with Gasteiger partial charge < -0.3 is 37.9 Å².